The maximum absolute atomic E-state index is 12.5. The highest BCUT2D eigenvalue weighted by Gasteiger charge is 2.49. The third-order valence-corrected chi connectivity index (χ3v) is 8.40. The van der Waals surface area contributed by atoms with Gasteiger partial charge in [0, 0.05) is 17.5 Å². The van der Waals surface area contributed by atoms with Crippen LogP contribution in [0.2, 0.25) is 5.02 Å². The Bertz CT molecular complexity index is 899. The summed E-state index contributed by atoms with van der Waals surface area (Å²) in [6, 6.07) is 4.95. The van der Waals surface area contributed by atoms with E-state index >= 15 is 0 Å². The topological polar surface area (TPSA) is 85.3 Å². The second-order valence-electron chi connectivity index (χ2n) is 6.72. The lowest BCUT2D eigenvalue weighted by molar-refractivity contribution is -0.126. The summed E-state index contributed by atoms with van der Waals surface area (Å²) in [7, 11) is -1.59. The summed E-state index contributed by atoms with van der Waals surface area (Å²) < 4.78 is 34.8. The van der Waals surface area contributed by atoms with E-state index in [0.29, 0.717) is 34.7 Å². The Morgan fingerprint density at radius 2 is 2.22 bits per heavy atom. The molecule has 0 radical (unpaired) electrons. The Kier molecular flexibility index (Phi) is 5.13. The number of carbonyl (C=O) groups excluding carboxylic acids is 1. The first-order valence-electron chi connectivity index (χ1n) is 8.62. The van der Waals surface area contributed by atoms with Gasteiger partial charge in [0.05, 0.1) is 29.7 Å². The molecule has 7 nitrogen and oxygen atoms in total. The van der Waals surface area contributed by atoms with Crippen LogP contribution in [-0.4, -0.2) is 62.1 Å². The number of anilines is 1. The third kappa shape index (κ3) is 3.70. The maximum atomic E-state index is 12.5. The summed E-state index contributed by atoms with van der Waals surface area (Å²) in [5.74, 6) is 0.316. The summed E-state index contributed by atoms with van der Waals surface area (Å²) in [5.41, 5.74) is 0.691. The van der Waals surface area contributed by atoms with Crippen LogP contribution < -0.4 is 9.64 Å². The van der Waals surface area contributed by atoms with Crippen LogP contribution in [0.3, 0.4) is 0 Å². The van der Waals surface area contributed by atoms with Gasteiger partial charge in [-0.25, -0.2) is 8.42 Å². The molecule has 0 spiro atoms. The lowest BCUT2D eigenvalue weighted by Crippen LogP contribution is -2.38. The molecule has 0 aliphatic carbocycles. The Morgan fingerprint density at radius 1 is 1.41 bits per heavy atom. The maximum Gasteiger partial charge on any atom is 0.277 e. The van der Waals surface area contributed by atoms with Crippen molar-refractivity contribution in [3.8, 4) is 5.75 Å². The van der Waals surface area contributed by atoms with Crippen LogP contribution in [0, 0.1) is 0 Å². The van der Waals surface area contributed by atoms with E-state index in [2.05, 4.69) is 4.99 Å². The molecular weight excluding hydrogens is 412 g/mol. The zero-order valence-electron chi connectivity index (χ0n) is 14.6. The molecule has 0 aromatic heterocycles. The largest absolute Gasteiger partial charge is 0.495 e. The number of thioether (sulfide) groups is 1. The second-order valence-corrected chi connectivity index (χ2v) is 10.5. The fourth-order valence-corrected chi connectivity index (χ4v) is 7.78. The molecule has 0 N–H and O–H groups in total. The number of ether oxygens (including phenoxy) is 2. The van der Waals surface area contributed by atoms with Gasteiger partial charge in [0.1, 0.15) is 11.9 Å². The highest BCUT2D eigenvalue weighted by Crippen LogP contribution is 2.42. The second kappa shape index (κ2) is 7.27. The minimum Gasteiger partial charge on any atom is -0.495 e. The van der Waals surface area contributed by atoms with Crippen LogP contribution in [0.25, 0.3) is 0 Å². The molecule has 3 heterocycles. The van der Waals surface area contributed by atoms with Crippen molar-refractivity contribution in [3.05, 3.63) is 23.2 Å². The van der Waals surface area contributed by atoms with E-state index in [9.17, 15) is 13.2 Å². The average molecular weight is 431 g/mol. The average Bonchev–Trinajstić information content (AvgIpc) is 3.29. The number of carbonyl (C=O) groups is 1. The normalized spacial score (nSPS) is 30.7. The predicted molar refractivity (Wildman–Crippen MR) is 106 cm³/mol. The number of benzene rings is 1. The molecule has 10 heteroatoms. The SMILES string of the molecule is COc1ccc(N2C(=NC(=O)C3CCCO3)S[C@H]3CS(=O)(=O)C[C@H]32)cc1Cl. The summed E-state index contributed by atoms with van der Waals surface area (Å²) in [4.78, 5) is 18.6. The molecule has 3 fully saturated rings. The number of amidine groups is 1. The lowest BCUT2D eigenvalue weighted by Gasteiger charge is -2.25. The number of aliphatic imine (C=N–C) groups is 1. The molecule has 27 heavy (non-hydrogen) atoms. The van der Waals surface area contributed by atoms with E-state index < -0.39 is 15.9 Å². The summed E-state index contributed by atoms with van der Waals surface area (Å²) in [6.45, 7) is 0.565. The quantitative estimate of drug-likeness (QED) is 0.726. The van der Waals surface area contributed by atoms with Gasteiger partial charge in [0.25, 0.3) is 5.91 Å². The molecule has 146 valence electrons. The van der Waals surface area contributed by atoms with Crippen molar-refractivity contribution in [2.45, 2.75) is 30.2 Å². The molecule has 4 rings (SSSR count). The van der Waals surface area contributed by atoms with E-state index in [-0.39, 0.29) is 28.7 Å². The van der Waals surface area contributed by atoms with Crippen LogP contribution in [-0.2, 0) is 19.4 Å². The monoisotopic (exact) mass is 430 g/mol. The number of amides is 1. The third-order valence-electron chi connectivity index (χ3n) is 4.89. The molecule has 3 atom stereocenters. The zero-order valence-corrected chi connectivity index (χ0v) is 17.0. The highest BCUT2D eigenvalue weighted by atomic mass is 35.5. The number of rotatable bonds is 3. The van der Waals surface area contributed by atoms with Crippen molar-refractivity contribution in [2.24, 2.45) is 4.99 Å². The van der Waals surface area contributed by atoms with Crippen molar-refractivity contribution in [1.29, 1.82) is 0 Å². The van der Waals surface area contributed by atoms with Gasteiger partial charge in [-0.1, -0.05) is 23.4 Å². The van der Waals surface area contributed by atoms with E-state index in [1.807, 2.05) is 4.90 Å². The number of sulfone groups is 1. The van der Waals surface area contributed by atoms with Crippen molar-refractivity contribution in [2.75, 3.05) is 30.1 Å². The molecule has 0 saturated carbocycles. The van der Waals surface area contributed by atoms with Crippen LogP contribution >= 0.6 is 23.4 Å². The molecule has 3 aliphatic heterocycles. The number of methoxy groups -OCH3 is 1. The van der Waals surface area contributed by atoms with Crippen LogP contribution in [0.15, 0.2) is 23.2 Å². The summed E-state index contributed by atoms with van der Waals surface area (Å²) in [5, 5.41) is 0.752. The van der Waals surface area contributed by atoms with Gasteiger partial charge in [-0.3, -0.25) is 4.79 Å². The Labute approximate surface area is 167 Å². The van der Waals surface area contributed by atoms with E-state index in [1.165, 1.54) is 18.9 Å². The molecule has 1 aromatic carbocycles. The first-order valence-corrected chi connectivity index (χ1v) is 11.7. The minimum absolute atomic E-state index is 0.0292. The smallest absolute Gasteiger partial charge is 0.277 e. The van der Waals surface area contributed by atoms with Gasteiger partial charge in [-0.2, -0.15) is 4.99 Å². The van der Waals surface area contributed by atoms with Crippen molar-refractivity contribution < 1.29 is 22.7 Å². The highest BCUT2D eigenvalue weighted by molar-refractivity contribution is 8.16. The Balaban J connectivity index is 1.70. The van der Waals surface area contributed by atoms with Crippen LogP contribution in [0.1, 0.15) is 12.8 Å². The van der Waals surface area contributed by atoms with Crippen molar-refractivity contribution in [3.63, 3.8) is 0 Å². The van der Waals surface area contributed by atoms with Gasteiger partial charge >= 0.3 is 0 Å². The summed E-state index contributed by atoms with van der Waals surface area (Å²) >= 11 is 7.60. The van der Waals surface area contributed by atoms with E-state index in [0.717, 1.165) is 6.42 Å². The van der Waals surface area contributed by atoms with Crippen LogP contribution in [0.5, 0.6) is 5.75 Å². The molecular formula is C17H19ClN2O5S2. The number of nitrogens with zero attached hydrogens (tertiary/aromatic N) is 2. The van der Waals surface area contributed by atoms with Crippen molar-refractivity contribution in [1.82, 2.24) is 0 Å². The fourth-order valence-electron chi connectivity index (χ4n) is 3.61. The molecule has 3 aliphatic rings. The number of halogens is 1. The van der Waals surface area contributed by atoms with E-state index in [1.54, 1.807) is 18.2 Å². The van der Waals surface area contributed by atoms with Gasteiger partial charge < -0.3 is 14.4 Å². The number of hydrogen-bond donors (Lipinski definition) is 0. The van der Waals surface area contributed by atoms with Gasteiger partial charge in [-0.15, -0.1) is 0 Å². The molecule has 1 amide bonds. The lowest BCUT2D eigenvalue weighted by atomic mass is 10.2. The van der Waals surface area contributed by atoms with Gasteiger partial charge in [0.15, 0.2) is 15.0 Å². The van der Waals surface area contributed by atoms with Gasteiger partial charge in [0.2, 0.25) is 0 Å². The predicted octanol–water partition coefficient (Wildman–Crippen LogP) is 2.13. The molecule has 0 bridgehead atoms. The molecule has 1 unspecified atom stereocenters. The fraction of sp³-hybridized carbons (Fsp3) is 0.529. The minimum atomic E-state index is -3.12. The first-order chi connectivity index (χ1) is 12.9. The van der Waals surface area contributed by atoms with E-state index in [4.69, 9.17) is 21.1 Å². The molecule has 3 saturated heterocycles. The number of fused-ring (bicyclic) bond motifs is 1. The Morgan fingerprint density at radius 3 is 2.89 bits per heavy atom. The van der Waals surface area contributed by atoms with Crippen molar-refractivity contribution >= 4 is 50.0 Å². The first kappa shape index (κ1) is 19.0. The standard InChI is InChI=1S/C17H19ClN2O5S2/c1-24-13-5-4-10(7-11(13)18)20-12-8-27(22,23)9-15(12)26-17(20)19-16(21)14-3-2-6-25-14/h4-5,7,12,14-15H,2-3,6,8-9H2,1H3/t12-,14?,15+/m1/s1. The Hall–Kier alpha value is -1.29. The molecule has 1 aromatic rings. The van der Waals surface area contributed by atoms with Crippen LogP contribution in [0.4, 0.5) is 5.69 Å². The number of hydrogen-bond acceptors (Lipinski definition) is 6. The zero-order chi connectivity index (χ0) is 19.2. The van der Waals surface area contributed by atoms with Gasteiger partial charge in [-0.05, 0) is 31.0 Å². The summed E-state index contributed by atoms with van der Waals surface area (Å²) in [6.07, 6.45) is 0.995.